The molecule has 1 aliphatic carbocycles. The van der Waals surface area contributed by atoms with Crippen LogP contribution in [0.25, 0.3) is 0 Å². The van der Waals surface area contributed by atoms with E-state index in [1.54, 1.807) is 6.92 Å². The zero-order valence-corrected chi connectivity index (χ0v) is 10.1. The lowest BCUT2D eigenvalue weighted by molar-refractivity contribution is -0.149. The summed E-state index contributed by atoms with van der Waals surface area (Å²) in [6, 6.07) is 0. The predicted molar refractivity (Wildman–Crippen MR) is 60.3 cm³/mol. The minimum atomic E-state index is -0.305. The van der Waals surface area contributed by atoms with E-state index in [4.69, 9.17) is 14.2 Å². The standard InChI is InChI=1S/C12H22O4/c1-2-15-12(13)10-14-8-9-16-11-6-4-3-5-7-11/h11H,2-10H2,1H3. The fourth-order valence-corrected chi connectivity index (χ4v) is 1.86. The Bertz CT molecular complexity index is 187. The molecule has 0 aromatic rings. The van der Waals surface area contributed by atoms with Gasteiger partial charge in [0.1, 0.15) is 6.61 Å². The van der Waals surface area contributed by atoms with Gasteiger partial charge in [-0.15, -0.1) is 0 Å². The summed E-state index contributed by atoms with van der Waals surface area (Å²) in [5.74, 6) is -0.305. The van der Waals surface area contributed by atoms with Gasteiger partial charge < -0.3 is 14.2 Å². The number of hydrogen-bond donors (Lipinski definition) is 0. The summed E-state index contributed by atoms with van der Waals surface area (Å²) in [6.45, 7) is 3.26. The molecule has 94 valence electrons. The van der Waals surface area contributed by atoms with Crippen LogP contribution in [0.3, 0.4) is 0 Å². The lowest BCUT2D eigenvalue weighted by Crippen LogP contribution is -2.20. The zero-order chi connectivity index (χ0) is 11.6. The molecule has 0 aliphatic heterocycles. The van der Waals surface area contributed by atoms with E-state index < -0.39 is 0 Å². The Morgan fingerprint density at radius 1 is 1.19 bits per heavy atom. The Morgan fingerprint density at radius 2 is 1.94 bits per heavy atom. The van der Waals surface area contributed by atoms with Crippen LogP contribution < -0.4 is 0 Å². The van der Waals surface area contributed by atoms with Crippen molar-refractivity contribution >= 4 is 5.97 Å². The van der Waals surface area contributed by atoms with Crippen LogP contribution in [0.4, 0.5) is 0 Å². The Hall–Kier alpha value is -0.610. The van der Waals surface area contributed by atoms with Gasteiger partial charge in [0, 0.05) is 0 Å². The van der Waals surface area contributed by atoms with Crippen molar-refractivity contribution in [3.8, 4) is 0 Å². The summed E-state index contributed by atoms with van der Waals surface area (Å²) in [6.07, 6.45) is 6.61. The van der Waals surface area contributed by atoms with Crippen molar-refractivity contribution in [1.82, 2.24) is 0 Å². The van der Waals surface area contributed by atoms with Crippen LogP contribution in [0.5, 0.6) is 0 Å². The minimum absolute atomic E-state index is 0.0296. The second-order valence-electron chi connectivity index (χ2n) is 3.99. The molecule has 0 aromatic heterocycles. The van der Waals surface area contributed by atoms with Crippen LogP contribution in [0.2, 0.25) is 0 Å². The first kappa shape index (κ1) is 13.5. The van der Waals surface area contributed by atoms with Crippen LogP contribution in [-0.4, -0.2) is 38.5 Å². The number of carbonyl (C=O) groups excluding carboxylic acids is 1. The zero-order valence-electron chi connectivity index (χ0n) is 10.1. The Morgan fingerprint density at radius 3 is 2.62 bits per heavy atom. The highest BCUT2D eigenvalue weighted by Gasteiger charge is 2.13. The summed E-state index contributed by atoms with van der Waals surface area (Å²) < 4.78 is 15.5. The molecule has 1 aliphatic rings. The fraction of sp³-hybridized carbons (Fsp3) is 0.917. The molecule has 0 aromatic carbocycles. The van der Waals surface area contributed by atoms with Gasteiger partial charge >= 0.3 is 5.97 Å². The first-order valence-electron chi connectivity index (χ1n) is 6.18. The third kappa shape index (κ3) is 6.08. The molecule has 0 spiro atoms. The smallest absolute Gasteiger partial charge is 0.332 e. The maximum atomic E-state index is 10.9. The van der Waals surface area contributed by atoms with E-state index in [0.29, 0.717) is 25.9 Å². The van der Waals surface area contributed by atoms with Crippen LogP contribution in [-0.2, 0) is 19.0 Å². The summed E-state index contributed by atoms with van der Waals surface area (Å²) in [5, 5.41) is 0. The highest BCUT2D eigenvalue weighted by atomic mass is 16.6. The molecule has 0 saturated heterocycles. The average molecular weight is 230 g/mol. The number of ether oxygens (including phenoxy) is 3. The fourth-order valence-electron chi connectivity index (χ4n) is 1.86. The molecule has 1 rings (SSSR count). The second kappa shape index (κ2) is 8.53. The van der Waals surface area contributed by atoms with Crippen molar-refractivity contribution < 1.29 is 19.0 Å². The monoisotopic (exact) mass is 230 g/mol. The van der Waals surface area contributed by atoms with Crippen LogP contribution in [0, 0.1) is 0 Å². The van der Waals surface area contributed by atoms with Gasteiger partial charge in [-0.05, 0) is 19.8 Å². The predicted octanol–water partition coefficient (Wildman–Crippen LogP) is 1.92. The third-order valence-corrected chi connectivity index (χ3v) is 2.66. The van der Waals surface area contributed by atoms with Crippen molar-refractivity contribution in [1.29, 1.82) is 0 Å². The van der Waals surface area contributed by atoms with E-state index in [1.165, 1.54) is 19.3 Å². The van der Waals surface area contributed by atoms with E-state index in [-0.39, 0.29) is 12.6 Å². The van der Waals surface area contributed by atoms with Crippen molar-refractivity contribution in [3.05, 3.63) is 0 Å². The van der Waals surface area contributed by atoms with Gasteiger partial charge in [-0.2, -0.15) is 0 Å². The molecule has 0 amide bonds. The molecule has 0 atom stereocenters. The van der Waals surface area contributed by atoms with Crippen molar-refractivity contribution in [2.75, 3.05) is 26.4 Å². The van der Waals surface area contributed by atoms with Crippen LogP contribution in [0.1, 0.15) is 39.0 Å². The summed E-state index contributed by atoms with van der Waals surface area (Å²) in [4.78, 5) is 10.9. The first-order chi connectivity index (χ1) is 7.83. The van der Waals surface area contributed by atoms with E-state index in [0.717, 1.165) is 12.8 Å². The molecule has 4 nitrogen and oxygen atoms in total. The lowest BCUT2D eigenvalue weighted by atomic mass is 9.98. The van der Waals surface area contributed by atoms with Gasteiger partial charge in [0.25, 0.3) is 0 Å². The second-order valence-corrected chi connectivity index (χ2v) is 3.99. The topological polar surface area (TPSA) is 44.8 Å². The molecule has 1 fully saturated rings. The lowest BCUT2D eigenvalue weighted by Gasteiger charge is -2.21. The normalized spacial score (nSPS) is 17.3. The quantitative estimate of drug-likeness (QED) is 0.495. The van der Waals surface area contributed by atoms with E-state index in [1.807, 2.05) is 0 Å². The van der Waals surface area contributed by atoms with Gasteiger partial charge in [0.2, 0.25) is 0 Å². The van der Waals surface area contributed by atoms with Crippen LogP contribution >= 0.6 is 0 Å². The largest absolute Gasteiger partial charge is 0.464 e. The van der Waals surface area contributed by atoms with Gasteiger partial charge in [-0.25, -0.2) is 4.79 Å². The van der Waals surface area contributed by atoms with Crippen molar-refractivity contribution in [2.45, 2.75) is 45.1 Å². The van der Waals surface area contributed by atoms with Gasteiger partial charge in [0.15, 0.2) is 0 Å². The highest BCUT2D eigenvalue weighted by Crippen LogP contribution is 2.19. The molecule has 0 N–H and O–H groups in total. The summed E-state index contributed by atoms with van der Waals surface area (Å²) in [7, 11) is 0. The van der Waals surface area contributed by atoms with Gasteiger partial charge in [-0.1, -0.05) is 19.3 Å². The molecular formula is C12H22O4. The van der Waals surface area contributed by atoms with Gasteiger partial charge in [0.05, 0.1) is 25.9 Å². The minimum Gasteiger partial charge on any atom is -0.464 e. The van der Waals surface area contributed by atoms with Crippen molar-refractivity contribution in [2.24, 2.45) is 0 Å². The maximum absolute atomic E-state index is 10.9. The summed E-state index contributed by atoms with van der Waals surface area (Å²) >= 11 is 0. The molecule has 0 bridgehead atoms. The molecule has 0 heterocycles. The average Bonchev–Trinajstić information content (AvgIpc) is 2.30. The number of esters is 1. The highest BCUT2D eigenvalue weighted by molar-refractivity contribution is 5.70. The van der Waals surface area contributed by atoms with E-state index in [9.17, 15) is 4.79 Å². The Labute approximate surface area is 97.2 Å². The number of rotatable bonds is 7. The third-order valence-electron chi connectivity index (χ3n) is 2.66. The number of hydrogen-bond acceptors (Lipinski definition) is 4. The van der Waals surface area contributed by atoms with E-state index in [2.05, 4.69) is 0 Å². The van der Waals surface area contributed by atoms with E-state index >= 15 is 0 Å². The molecule has 16 heavy (non-hydrogen) atoms. The van der Waals surface area contributed by atoms with Crippen molar-refractivity contribution in [3.63, 3.8) is 0 Å². The molecule has 4 heteroatoms. The summed E-state index contributed by atoms with van der Waals surface area (Å²) in [5.41, 5.74) is 0. The first-order valence-corrected chi connectivity index (χ1v) is 6.18. The maximum Gasteiger partial charge on any atom is 0.332 e. The molecule has 1 saturated carbocycles. The Kier molecular flexibility index (Phi) is 7.17. The molecule has 0 unspecified atom stereocenters. The Balaban J connectivity index is 1.89. The van der Waals surface area contributed by atoms with Gasteiger partial charge in [-0.3, -0.25) is 0 Å². The number of carbonyl (C=O) groups is 1. The SMILES string of the molecule is CCOC(=O)COCCOC1CCCCC1. The van der Waals surface area contributed by atoms with Crippen LogP contribution in [0.15, 0.2) is 0 Å². The molecule has 0 radical (unpaired) electrons. The molecular weight excluding hydrogens is 208 g/mol.